The quantitative estimate of drug-likeness (QED) is 0.862. The maximum Gasteiger partial charge on any atom is 0.251 e. The van der Waals surface area contributed by atoms with Crippen LogP contribution in [0.1, 0.15) is 34.0 Å². The molecule has 2 aromatic rings. The topological polar surface area (TPSA) is 58.6 Å². The zero-order valence-corrected chi connectivity index (χ0v) is 12.9. The van der Waals surface area contributed by atoms with Crippen LogP contribution in [-0.4, -0.2) is 24.7 Å². The minimum absolute atomic E-state index is 0.168. The first-order valence-corrected chi connectivity index (χ1v) is 7.27. The van der Waals surface area contributed by atoms with E-state index in [1.165, 1.54) is 0 Å². The van der Waals surface area contributed by atoms with E-state index in [9.17, 15) is 9.90 Å². The molecule has 4 nitrogen and oxygen atoms in total. The number of benzene rings is 2. The Morgan fingerprint density at radius 3 is 2.64 bits per heavy atom. The number of carbonyl (C=O) groups is 1. The predicted octanol–water partition coefficient (Wildman–Crippen LogP) is 2.86. The fourth-order valence-electron chi connectivity index (χ4n) is 2.23. The van der Waals surface area contributed by atoms with E-state index in [4.69, 9.17) is 4.74 Å². The van der Waals surface area contributed by atoms with E-state index in [1.54, 1.807) is 19.2 Å². The van der Waals surface area contributed by atoms with Gasteiger partial charge < -0.3 is 15.2 Å². The van der Waals surface area contributed by atoms with Crippen molar-refractivity contribution in [3.63, 3.8) is 0 Å². The molecular weight excluding hydrogens is 278 g/mol. The zero-order valence-electron chi connectivity index (χ0n) is 12.9. The number of aryl methyl sites for hydroxylation is 1. The van der Waals surface area contributed by atoms with Crippen molar-refractivity contribution in [3.05, 3.63) is 65.2 Å². The van der Waals surface area contributed by atoms with Gasteiger partial charge in [-0.25, -0.2) is 0 Å². The first-order chi connectivity index (χ1) is 10.6. The molecule has 2 aromatic carbocycles. The van der Waals surface area contributed by atoms with Crippen LogP contribution in [0.5, 0.6) is 5.75 Å². The number of methoxy groups -OCH3 is 1. The Morgan fingerprint density at radius 2 is 1.95 bits per heavy atom. The molecule has 4 heteroatoms. The van der Waals surface area contributed by atoms with Crippen LogP contribution in [0.4, 0.5) is 0 Å². The Hall–Kier alpha value is -2.33. The number of ether oxygens (including phenoxy) is 1. The first-order valence-electron chi connectivity index (χ1n) is 7.27. The molecule has 0 saturated heterocycles. The van der Waals surface area contributed by atoms with E-state index >= 15 is 0 Å². The van der Waals surface area contributed by atoms with Gasteiger partial charge in [0.25, 0.3) is 5.91 Å². The van der Waals surface area contributed by atoms with Crippen LogP contribution in [0.3, 0.4) is 0 Å². The van der Waals surface area contributed by atoms with Crippen LogP contribution >= 0.6 is 0 Å². The average Bonchev–Trinajstić information content (AvgIpc) is 2.55. The normalized spacial score (nSPS) is 11.8. The third-order valence-electron chi connectivity index (χ3n) is 3.56. The van der Waals surface area contributed by atoms with Gasteiger partial charge in [-0.15, -0.1) is 0 Å². The van der Waals surface area contributed by atoms with E-state index < -0.39 is 6.10 Å². The second kappa shape index (κ2) is 7.61. The lowest BCUT2D eigenvalue weighted by atomic mass is 10.1. The highest BCUT2D eigenvalue weighted by Gasteiger charge is 2.10. The highest BCUT2D eigenvalue weighted by molar-refractivity contribution is 5.94. The Labute approximate surface area is 130 Å². The number of carbonyl (C=O) groups excluding carboxylic acids is 1. The van der Waals surface area contributed by atoms with E-state index in [0.717, 1.165) is 11.1 Å². The summed E-state index contributed by atoms with van der Waals surface area (Å²) in [6.07, 6.45) is -0.104. The molecular formula is C18H21NO3. The third kappa shape index (κ3) is 4.09. The number of rotatable bonds is 6. The summed E-state index contributed by atoms with van der Waals surface area (Å²) >= 11 is 0. The maximum absolute atomic E-state index is 12.1. The van der Waals surface area contributed by atoms with E-state index in [-0.39, 0.29) is 5.91 Å². The molecule has 0 fully saturated rings. The lowest BCUT2D eigenvalue weighted by Crippen LogP contribution is -2.25. The van der Waals surface area contributed by atoms with Crippen LogP contribution in [0.2, 0.25) is 0 Å². The summed E-state index contributed by atoms with van der Waals surface area (Å²) in [5.41, 5.74) is 2.39. The fourth-order valence-corrected chi connectivity index (χ4v) is 2.23. The molecule has 0 aliphatic heterocycles. The van der Waals surface area contributed by atoms with Crippen molar-refractivity contribution in [1.82, 2.24) is 5.32 Å². The van der Waals surface area contributed by atoms with Gasteiger partial charge in [-0.05, 0) is 36.6 Å². The summed E-state index contributed by atoms with van der Waals surface area (Å²) in [6.45, 7) is 2.34. The molecule has 0 aliphatic carbocycles. The SMILES string of the molecule is COc1cc(C(=O)NCCC(O)c2ccccc2)ccc1C. The second-order valence-electron chi connectivity index (χ2n) is 5.16. The molecule has 0 aliphatic rings. The molecule has 22 heavy (non-hydrogen) atoms. The second-order valence-corrected chi connectivity index (χ2v) is 5.16. The van der Waals surface area contributed by atoms with Gasteiger partial charge in [-0.1, -0.05) is 36.4 Å². The molecule has 1 amide bonds. The summed E-state index contributed by atoms with van der Waals surface area (Å²) in [4.78, 5) is 12.1. The molecule has 0 radical (unpaired) electrons. The van der Waals surface area contributed by atoms with E-state index in [1.807, 2.05) is 43.3 Å². The van der Waals surface area contributed by atoms with Crippen molar-refractivity contribution in [2.24, 2.45) is 0 Å². The first kappa shape index (κ1) is 16.0. The zero-order chi connectivity index (χ0) is 15.9. The molecule has 2 rings (SSSR count). The molecule has 0 saturated carbocycles. The summed E-state index contributed by atoms with van der Waals surface area (Å²) < 4.78 is 5.22. The van der Waals surface area contributed by atoms with Crippen LogP contribution in [0, 0.1) is 6.92 Å². The number of hydrogen-bond donors (Lipinski definition) is 2. The van der Waals surface area contributed by atoms with E-state index in [2.05, 4.69) is 5.32 Å². The van der Waals surface area contributed by atoms with Gasteiger partial charge in [-0.3, -0.25) is 4.79 Å². The largest absolute Gasteiger partial charge is 0.496 e. The number of aliphatic hydroxyl groups is 1. The van der Waals surface area contributed by atoms with Crippen molar-refractivity contribution < 1.29 is 14.6 Å². The third-order valence-corrected chi connectivity index (χ3v) is 3.56. The van der Waals surface area contributed by atoms with Crippen molar-refractivity contribution in [2.45, 2.75) is 19.4 Å². The lowest BCUT2D eigenvalue weighted by Gasteiger charge is -2.12. The van der Waals surface area contributed by atoms with Gasteiger partial charge in [0.15, 0.2) is 0 Å². The monoisotopic (exact) mass is 299 g/mol. The Bertz CT molecular complexity index is 625. The average molecular weight is 299 g/mol. The molecule has 0 aromatic heterocycles. The molecule has 2 N–H and O–H groups in total. The Balaban J connectivity index is 1.88. The highest BCUT2D eigenvalue weighted by atomic mass is 16.5. The number of amides is 1. The molecule has 0 spiro atoms. The van der Waals surface area contributed by atoms with Crippen molar-refractivity contribution in [2.75, 3.05) is 13.7 Å². The number of nitrogens with one attached hydrogen (secondary N) is 1. The van der Waals surface area contributed by atoms with Crippen LogP contribution in [0.15, 0.2) is 48.5 Å². The van der Waals surface area contributed by atoms with Crippen molar-refractivity contribution >= 4 is 5.91 Å². The van der Waals surface area contributed by atoms with Crippen molar-refractivity contribution in [1.29, 1.82) is 0 Å². The predicted molar refractivity (Wildman–Crippen MR) is 86.1 cm³/mol. The summed E-state index contributed by atoms with van der Waals surface area (Å²) in [6, 6.07) is 14.8. The van der Waals surface area contributed by atoms with Crippen LogP contribution < -0.4 is 10.1 Å². The lowest BCUT2D eigenvalue weighted by molar-refractivity contribution is 0.0942. The fraction of sp³-hybridized carbons (Fsp3) is 0.278. The molecule has 116 valence electrons. The van der Waals surface area contributed by atoms with Gasteiger partial charge in [0.1, 0.15) is 5.75 Å². The number of aliphatic hydroxyl groups excluding tert-OH is 1. The standard InChI is InChI=1S/C18H21NO3/c1-13-8-9-15(12-17(13)22-2)18(21)19-11-10-16(20)14-6-4-3-5-7-14/h3-9,12,16,20H,10-11H2,1-2H3,(H,19,21). The van der Waals surface area contributed by atoms with E-state index in [0.29, 0.717) is 24.3 Å². The molecule has 1 unspecified atom stereocenters. The Morgan fingerprint density at radius 1 is 1.23 bits per heavy atom. The van der Waals surface area contributed by atoms with Crippen LogP contribution in [0.25, 0.3) is 0 Å². The summed E-state index contributed by atoms with van der Waals surface area (Å²) in [5, 5.41) is 12.9. The van der Waals surface area contributed by atoms with Gasteiger partial charge in [0.2, 0.25) is 0 Å². The van der Waals surface area contributed by atoms with Gasteiger partial charge in [-0.2, -0.15) is 0 Å². The molecule has 0 heterocycles. The molecule has 0 bridgehead atoms. The molecule has 1 atom stereocenters. The summed E-state index contributed by atoms with van der Waals surface area (Å²) in [5.74, 6) is 0.524. The van der Waals surface area contributed by atoms with Gasteiger partial charge in [0, 0.05) is 12.1 Å². The maximum atomic E-state index is 12.1. The van der Waals surface area contributed by atoms with Crippen LogP contribution in [-0.2, 0) is 0 Å². The van der Waals surface area contributed by atoms with Gasteiger partial charge in [0.05, 0.1) is 13.2 Å². The number of hydrogen-bond acceptors (Lipinski definition) is 3. The summed E-state index contributed by atoms with van der Waals surface area (Å²) in [7, 11) is 1.58. The highest BCUT2D eigenvalue weighted by Crippen LogP contribution is 2.19. The minimum atomic E-state index is -0.575. The smallest absolute Gasteiger partial charge is 0.251 e. The Kier molecular flexibility index (Phi) is 5.55. The van der Waals surface area contributed by atoms with Gasteiger partial charge >= 0.3 is 0 Å². The van der Waals surface area contributed by atoms with Crippen molar-refractivity contribution in [3.8, 4) is 5.75 Å². The minimum Gasteiger partial charge on any atom is -0.496 e.